The predicted octanol–water partition coefficient (Wildman–Crippen LogP) is 3.35. The molecule has 2 N–H and O–H groups in total. The number of imidazole rings is 1. The Bertz CT molecular complexity index is 1290. The first kappa shape index (κ1) is 24.2. The smallest absolute Gasteiger partial charge is 0.184 e. The highest BCUT2D eigenvalue weighted by molar-refractivity contribution is 7.98. The van der Waals surface area contributed by atoms with E-state index in [9.17, 15) is 19.8 Å². The third-order valence-electron chi connectivity index (χ3n) is 10.4. The number of aliphatic hydroxyl groups excluding tert-OH is 1. The molecule has 3 fully saturated rings. The molecule has 4 aliphatic rings. The summed E-state index contributed by atoms with van der Waals surface area (Å²) in [5, 5.41) is 24.4. The third-order valence-corrected chi connectivity index (χ3v) is 11.1. The van der Waals surface area contributed by atoms with Gasteiger partial charge >= 0.3 is 0 Å². The molecular weight excluding hydrogens is 476 g/mol. The van der Waals surface area contributed by atoms with Crippen molar-refractivity contribution < 1.29 is 19.8 Å². The molecule has 0 amide bonds. The van der Waals surface area contributed by atoms with E-state index in [1.807, 2.05) is 19.3 Å². The number of Topliss-reactive ketones (excluding diaryl/α,β-unsaturated/α-hetero) is 1. The van der Waals surface area contributed by atoms with Gasteiger partial charge < -0.3 is 14.8 Å². The van der Waals surface area contributed by atoms with Crippen molar-refractivity contribution in [3.05, 3.63) is 24.3 Å². The first-order chi connectivity index (χ1) is 17.1. The van der Waals surface area contributed by atoms with Crippen LogP contribution in [0.15, 0.2) is 29.3 Å². The van der Waals surface area contributed by atoms with Gasteiger partial charge in [0.15, 0.2) is 17.2 Å². The van der Waals surface area contributed by atoms with Crippen molar-refractivity contribution >= 4 is 34.5 Å². The van der Waals surface area contributed by atoms with E-state index in [0.29, 0.717) is 30.4 Å². The van der Waals surface area contributed by atoms with Gasteiger partial charge in [0.05, 0.1) is 19.0 Å². The molecule has 0 unspecified atom stereocenters. The normalized spacial score (nSPS) is 39.9. The number of hydrogen-bond donors (Lipinski definition) is 2. The fourth-order valence-electron chi connectivity index (χ4n) is 8.56. The molecule has 192 valence electrons. The minimum Gasteiger partial charge on any atom is -0.393 e. The Hall–Kier alpha value is -2.10. The number of carbonyl (C=O) groups excluding carboxylic acids is 2. The maximum Gasteiger partial charge on any atom is 0.184 e. The zero-order chi connectivity index (χ0) is 25.5. The lowest BCUT2D eigenvalue weighted by molar-refractivity contribution is -0.181. The fraction of sp³-hybridized carbons (Fsp3) is 0.667. The summed E-state index contributed by atoms with van der Waals surface area (Å²) in [6, 6.07) is 0. The molecule has 0 bridgehead atoms. The highest BCUT2D eigenvalue weighted by atomic mass is 32.2. The second-order valence-electron chi connectivity index (χ2n) is 11.8. The van der Waals surface area contributed by atoms with Crippen LogP contribution in [0.3, 0.4) is 0 Å². The Labute approximate surface area is 215 Å². The molecule has 2 aromatic heterocycles. The molecule has 3 saturated carbocycles. The Balaban J connectivity index is 1.31. The van der Waals surface area contributed by atoms with Gasteiger partial charge in [-0.2, -0.15) is 0 Å². The van der Waals surface area contributed by atoms with Crippen LogP contribution < -0.4 is 0 Å². The number of fused-ring (bicyclic) bond motifs is 6. The standard InChI is InChI=1S/C27H34N4O4S/c1-25-8-6-16(32)10-15(25)4-5-17-18-7-9-27(35,26(18,2)11-19(33)21(17)25)20(34)12-31-14-30-22-23(31)28-13-29-24(22)36-3/h10,13-14,17-19,21,33,35H,4-9,11-12H2,1-3H3/t17-,18-,19-,21+,25-,26-,27-/m0/s1. The number of carbonyl (C=O) groups is 2. The van der Waals surface area contributed by atoms with E-state index >= 15 is 0 Å². The lowest BCUT2D eigenvalue weighted by atomic mass is 9.45. The maximum atomic E-state index is 13.8. The van der Waals surface area contributed by atoms with Gasteiger partial charge in [-0.15, -0.1) is 11.8 Å². The molecule has 0 saturated heterocycles. The molecule has 0 spiro atoms. The number of nitrogens with zero attached hydrogens (tertiary/aromatic N) is 4. The Morgan fingerprint density at radius 3 is 2.78 bits per heavy atom. The molecule has 0 aliphatic heterocycles. The Morgan fingerprint density at radius 1 is 1.19 bits per heavy atom. The van der Waals surface area contributed by atoms with Crippen LogP contribution in [0.25, 0.3) is 11.2 Å². The second kappa shape index (κ2) is 8.20. The SMILES string of the molecule is CSc1ncnc2c1ncn2CC(=O)[C@@]1(O)CC[C@H]2[C@@H]3CCC4=CC(=O)CC[C@]4(C)[C@H]3[C@@H](O)C[C@@]21C. The topological polar surface area (TPSA) is 118 Å². The van der Waals surface area contributed by atoms with Crippen LogP contribution in [0.4, 0.5) is 0 Å². The van der Waals surface area contributed by atoms with Gasteiger partial charge in [0.1, 0.15) is 22.5 Å². The van der Waals surface area contributed by atoms with Crippen LogP contribution in [-0.2, 0) is 16.1 Å². The van der Waals surface area contributed by atoms with Gasteiger partial charge in [-0.25, -0.2) is 15.0 Å². The summed E-state index contributed by atoms with van der Waals surface area (Å²) in [6.07, 6.45) is 10.8. The van der Waals surface area contributed by atoms with Gasteiger partial charge in [0, 0.05) is 11.8 Å². The van der Waals surface area contributed by atoms with Crippen LogP contribution in [0.2, 0.25) is 0 Å². The van der Waals surface area contributed by atoms with E-state index in [1.165, 1.54) is 23.7 Å². The number of aromatic nitrogens is 4. The van der Waals surface area contributed by atoms with E-state index in [-0.39, 0.29) is 41.3 Å². The summed E-state index contributed by atoms with van der Waals surface area (Å²) in [5.74, 6) is 0.384. The minimum atomic E-state index is -1.52. The number of thioether (sulfide) groups is 1. The predicted molar refractivity (Wildman–Crippen MR) is 135 cm³/mol. The van der Waals surface area contributed by atoms with E-state index in [0.717, 1.165) is 30.7 Å². The van der Waals surface area contributed by atoms with Crippen molar-refractivity contribution in [1.29, 1.82) is 0 Å². The number of aliphatic hydroxyl groups is 2. The molecule has 0 radical (unpaired) electrons. The summed E-state index contributed by atoms with van der Waals surface area (Å²) in [4.78, 5) is 38.9. The van der Waals surface area contributed by atoms with Crippen LogP contribution in [-0.4, -0.2) is 59.3 Å². The minimum absolute atomic E-state index is 0.0168. The lowest BCUT2D eigenvalue weighted by Gasteiger charge is -2.60. The summed E-state index contributed by atoms with van der Waals surface area (Å²) in [6.45, 7) is 4.21. The highest BCUT2D eigenvalue weighted by Gasteiger charge is 2.68. The molecule has 2 heterocycles. The van der Waals surface area contributed by atoms with Gasteiger partial charge in [0.25, 0.3) is 0 Å². The number of ketones is 2. The average molecular weight is 511 g/mol. The highest BCUT2D eigenvalue weighted by Crippen LogP contribution is 2.67. The van der Waals surface area contributed by atoms with Crippen molar-refractivity contribution in [2.24, 2.45) is 28.6 Å². The van der Waals surface area contributed by atoms with E-state index in [1.54, 1.807) is 10.9 Å². The molecule has 36 heavy (non-hydrogen) atoms. The van der Waals surface area contributed by atoms with Crippen LogP contribution in [0, 0.1) is 28.6 Å². The second-order valence-corrected chi connectivity index (χ2v) is 12.6. The third kappa shape index (κ3) is 3.18. The van der Waals surface area contributed by atoms with E-state index in [2.05, 4.69) is 21.9 Å². The van der Waals surface area contributed by atoms with Crippen molar-refractivity contribution in [3.8, 4) is 0 Å². The van der Waals surface area contributed by atoms with Crippen molar-refractivity contribution in [2.45, 2.75) is 82.1 Å². The zero-order valence-corrected chi connectivity index (χ0v) is 21.9. The first-order valence-electron chi connectivity index (χ1n) is 13.0. The first-order valence-corrected chi connectivity index (χ1v) is 14.2. The van der Waals surface area contributed by atoms with Crippen molar-refractivity contribution in [3.63, 3.8) is 0 Å². The number of rotatable bonds is 4. The summed E-state index contributed by atoms with van der Waals surface area (Å²) < 4.78 is 1.70. The Kier molecular flexibility index (Phi) is 5.52. The molecule has 0 aromatic carbocycles. The Morgan fingerprint density at radius 2 is 2.00 bits per heavy atom. The van der Waals surface area contributed by atoms with Gasteiger partial charge in [-0.3, -0.25) is 9.59 Å². The van der Waals surface area contributed by atoms with Gasteiger partial charge in [-0.05, 0) is 74.0 Å². The molecule has 4 aliphatic carbocycles. The van der Waals surface area contributed by atoms with Gasteiger partial charge in [-0.1, -0.05) is 19.4 Å². The number of allylic oxidation sites excluding steroid dienone is 1. The largest absolute Gasteiger partial charge is 0.393 e. The molecule has 7 atom stereocenters. The van der Waals surface area contributed by atoms with E-state index < -0.39 is 17.1 Å². The quantitative estimate of drug-likeness (QED) is 0.475. The summed E-state index contributed by atoms with van der Waals surface area (Å²) in [7, 11) is 0. The van der Waals surface area contributed by atoms with Crippen LogP contribution in [0.1, 0.15) is 58.8 Å². The fourth-order valence-corrected chi connectivity index (χ4v) is 9.05. The average Bonchev–Trinajstić information content (AvgIpc) is 3.38. The molecule has 6 rings (SSSR count). The van der Waals surface area contributed by atoms with Crippen molar-refractivity contribution in [1.82, 2.24) is 19.5 Å². The number of hydrogen-bond acceptors (Lipinski definition) is 8. The molecule has 2 aromatic rings. The van der Waals surface area contributed by atoms with Gasteiger partial charge in [0.2, 0.25) is 0 Å². The molecule has 9 heteroatoms. The van der Waals surface area contributed by atoms with E-state index in [4.69, 9.17) is 0 Å². The summed E-state index contributed by atoms with van der Waals surface area (Å²) >= 11 is 1.48. The summed E-state index contributed by atoms with van der Waals surface area (Å²) in [5.41, 5.74) is 0.0119. The molecular formula is C27H34N4O4S. The lowest BCUT2D eigenvalue weighted by Crippen LogP contribution is -2.62. The van der Waals surface area contributed by atoms with Crippen molar-refractivity contribution in [2.75, 3.05) is 6.26 Å². The zero-order valence-electron chi connectivity index (χ0n) is 21.1. The monoisotopic (exact) mass is 510 g/mol. The molecule has 8 nitrogen and oxygen atoms in total. The van der Waals surface area contributed by atoms with Crippen LogP contribution in [0.5, 0.6) is 0 Å². The maximum absolute atomic E-state index is 13.8. The van der Waals surface area contributed by atoms with Crippen LogP contribution >= 0.6 is 11.8 Å².